The van der Waals surface area contributed by atoms with Crippen LogP contribution in [0.25, 0.3) is 5.57 Å². The number of aromatic nitrogens is 1. The third-order valence-electron chi connectivity index (χ3n) is 8.05. The molecule has 1 aromatic heterocycles. The lowest BCUT2D eigenvalue weighted by atomic mass is 9.73. The minimum absolute atomic E-state index is 0.0164. The van der Waals surface area contributed by atoms with Gasteiger partial charge in [0.1, 0.15) is 6.07 Å². The number of nitrogens with one attached hydrogen (secondary N) is 1. The molecule has 0 aromatic carbocycles. The minimum atomic E-state index is -0.609. The van der Waals surface area contributed by atoms with Gasteiger partial charge in [0.2, 0.25) is 0 Å². The van der Waals surface area contributed by atoms with Crippen molar-refractivity contribution in [1.29, 1.82) is 5.26 Å². The highest BCUT2D eigenvalue weighted by Crippen LogP contribution is 2.50. The average molecular weight is 476 g/mol. The highest BCUT2D eigenvalue weighted by Gasteiger charge is 2.36. The lowest BCUT2D eigenvalue weighted by molar-refractivity contribution is -0.116. The van der Waals surface area contributed by atoms with Crippen LogP contribution < -0.4 is 5.32 Å². The summed E-state index contributed by atoms with van der Waals surface area (Å²) in [5.41, 5.74) is 4.00. The molecule has 8 heteroatoms. The lowest BCUT2D eigenvalue weighted by Crippen LogP contribution is -2.49. The molecule has 1 saturated carbocycles. The van der Waals surface area contributed by atoms with Gasteiger partial charge in [-0.3, -0.25) is 9.78 Å². The Bertz CT molecular complexity index is 1110. The van der Waals surface area contributed by atoms with Crippen molar-refractivity contribution < 1.29 is 14.3 Å². The quantitative estimate of drug-likeness (QED) is 0.695. The van der Waals surface area contributed by atoms with E-state index in [1.165, 1.54) is 31.3 Å². The smallest absolute Gasteiger partial charge is 0.319 e. The predicted molar refractivity (Wildman–Crippen MR) is 132 cm³/mol. The predicted octanol–water partition coefficient (Wildman–Crippen LogP) is 4.42. The topological polar surface area (TPSA) is 98.6 Å². The number of carbonyl (C=O) groups is 2. The maximum Gasteiger partial charge on any atom is 0.319 e. The number of nitriles is 1. The van der Waals surface area contributed by atoms with Crippen LogP contribution in [0.4, 0.5) is 10.5 Å². The molecule has 2 aliphatic heterocycles. The third-order valence-corrected chi connectivity index (χ3v) is 8.05. The molecule has 1 N–H and O–H groups in total. The average Bonchev–Trinajstić information content (AvgIpc) is 3.53. The molecule has 0 radical (unpaired) electrons. The number of carbonyl (C=O) groups excluding carboxylic acids is 2. The summed E-state index contributed by atoms with van der Waals surface area (Å²) in [4.78, 5) is 33.7. The first-order valence-electron chi connectivity index (χ1n) is 12.6. The van der Waals surface area contributed by atoms with E-state index < -0.39 is 6.10 Å². The maximum atomic E-state index is 12.9. The van der Waals surface area contributed by atoms with Crippen LogP contribution in [0.2, 0.25) is 0 Å². The number of allylic oxidation sites excluding steroid dienone is 2. The van der Waals surface area contributed by atoms with Crippen molar-refractivity contribution in [2.24, 2.45) is 5.41 Å². The molecule has 1 spiro atoms. The third kappa shape index (κ3) is 4.64. The van der Waals surface area contributed by atoms with E-state index in [0.717, 1.165) is 30.7 Å². The van der Waals surface area contributed by atoms with Gasteiger partial charge in [-0.25, -0.2) is 4.79 Å². The molecule has 3 amide bonds. The first-order valence-corrected chi connectivity index (χ1v) is 12.6. The number of rotatable bonds is 4. The van der Waals surface area contributed by atoms with Crippen LogP contribution in [0, 0.1) is 16.7 Å². The molecule has 3 heterocycles. The molecule has 1 unspecified atom stereocenters. The van der Waals surface area contributed by atoms with Gasteiger partial charge < -0.3 is 19.9 Å². The summed E-state index contributed by atoms with van der Waals surface area (Å²) in [5, 5.41) is 12.1. The zero-order valence-electron chi connectivity index (χ0n) is 20.5. The summed E-state index contributed by atoms with van der Waals surface area (Å²) < 4.78 is 5.46. The van der Waals surface area contributed by atoms with Crippen LogP contribution in [0.5, 0.6) is 0 Å². The molecule has 5 rings (SSSR count). The first-order chi connectivity index (χ1) is 16.9. The zero-order valence-corrected chi connectivity index (χ0v) is 20.5. The molecule has 1 saturated heterocycles. The second-order valence-corrected chi connectivity index (χ2v) is 10.5. The summed E-state index contributed by atoms with van der Waals surface area (Å²) in [6, 6.07) is 5.93. The van der Waals surface area contributed by atoms with Crippen molar-refractivity contribution >= 4 is 23.2 Å². The number of nitrogens with zero attached hydrogens (tertiary/aromatic N) is 4. The van der Waals surface area contributed by atoms with Gasteiger partial charge >= 0.3 is 6.03 Å². The largest absolute Gasteiger partial charge is 0.470 e. The van der Waals surface area contributed by atoms with Crippen LogP contribution in [0.3, 0.4) is 0 Å². The number of urea groups is 1. The number of hydrogen-bond donors (Lipinski definition) is 1. The van der Waals surface area contributed by atoms with E-state index in [-0.39, 0.29) is 23.6 Å². The Kier molecular flexibility index (Phi) is 6.26. The zero-order chi connectivity index (χ0) is 24.6. The number of anilines is 1. The number of likely N-dealkylation sites (N-methyl/N-ethyl adjacent to an activating group) is 2. The van der Waals surface area contributed by atoms with E-state index in [1.807, 2.05) is 32.3 Å². The van der Waals surface area contributed by atoms with E-state index in [2.05, 4.69) is 11.4 Å². The molecular formula is C27H33N5O3. The molecule has 2 fully saturated rings. The van der Waals surface area contributed by atoms with E-state index in [4.69, 9.17) is 15.0 Å². The monoisotopic (exact) mass is 475 g/mol. The molecule has 4 aliphatic rings. The summed E-state index contributed by atoms with van der Waals surface area (Å²) >= 11 is 0. The van der Waals surface area contributed by atoms with Gasteiger partial charge in [-0.15, -0.1) is 0 Å². The lowest BCUT2D eigenvalue weighted by Gasteiger charge is -2.36. The number of pyridine rings is 1. The molecule has 2 aliphatic carbocycles. The van der Waals surface area contributed by atoms with Crippen molar-refractivity contribution in [1.82, 2.24) is 14.8 Å². The standard InChI is InChI=1S/C27H33N5O3/c1-31-16-19(17-32(2)26(31)34)21-6-7-22(30-25(33)23-8-5-20(15-28)35-23)24(29-21)18-9-13-27(14-10-18)11-3-4-12-27/h6-9,19-20H,3-5,10-14,16-17H2,1-2H3,(H,30,33). The van der Waals surface area contributed by atoms with Crippen LogP contribution in [0.1, 0.15) is 68.7 Å². The van der Waals surface area contributed by atoms with Crippen molar-refractivity contribution in [2.45, 2.75) is 63.4 Å². The van der Waals surface area contributed by atoms with E-state index >= 15 is 0 Å². The fraction of sp³-hybridized carbons (Fsp3) is 0.556. The summed E-state index contributed by atoms with van der Waals surface area (Å²) in [7, 11) is 3.63. The Morgan fingerprint density at radius 2 is 1.91 bits per heavy atom. The van der Waals surface area contributed by atoms with Crippen molar-refractivity contribution in [3.05, 3.63) is 41.4 Å². The number of amides is 3. The molecule has 35 heavy (non-hydrogen) atoms. The summed E-state index contributed by atoms with van der Waals surface area (Å²) in [6.45, 7) is 1.22. The summed E-state index contributed by atoms with van der Waals surface area (Å²) in [5.74, 6) is -0.0815. The van der Waals surface area contributed by atoms with Gasteiger partial charge in [0.25, 0.3) is 5.91 Å². The first kappa shape index (κ1) is 23.4. The van der Waals surface area contributed by atoms with Gasteiger partial charge in [0.05, 0.1) is 11.4 Å². The molecule has 1 aromatic rings. The second-order valence-electron chi connectivity index (χ2n) is 10.5. The molecular weight excluding hydrogens is 442 g/mol. The van der Waals surface area contributed by atoms with Crippen molar-refractivity contribution in [3.8, 4) is 6.07 Å². The van der Waals surface area contributed by atoms with E-state index in [9.17, 15) is 9.59 Å². The maximum absolute atomic E-state index is 12.9. The Morgan fingerprint density at radius 3 is 2.54 bits per heavy atom. The van der Waals surface area contributed by atoms with Crippen LogP contribution >= 0.6 is 0 Å². The van der Waals surface area contributed by atoms with E-state index in [0.29, 0.717) is 30.6 Å². The van der Waals surface area contributed by atoms with Crippen LogP contribution in [-0.2, 0) is 9.53 Å². The molecule has 184 valence electrons. The Morgan fingerprint density at radius 1 is 1.17 bits per heavy atom. The highest BCUT2D eigenvalue weighted by atomic mass is 16.5. The Labute approximate surface area is 206 Å². The van der Waals surface area contributed by atoms with Crippen molar-refractivity contribution in [3.63, 3.8) is 0 Å². The van der Waals surface area contributed by atoms with Crippen molar-refractivity contribution in [2.75, 3.05) is 32.5 Å². The fourth-order valence-corrected chi connectivity index (χ4v) is 6.01. The normalized spacial score (nSPS) is 24.1. The Hall–Kier alpha value is -3.34. The number of ether oxygens (including phenoxy) is 1. The van der Waals surface area contributed by atoms with Gasteiger partial charge in [-0.05, 0) is 61.3 Å². The van der Waals surface area contributed by atoms with E-state index in [1.54, 1.807) is 15.9 Å². The van der Waals surface area contributed by atoms with Gasteiger partial charge in [-0.1, -0.05) is 18.9 Å². The van der Waals surface area contributed by atoms with Gasteiger partial charge in [-0.2, -0.15) is 5.26 Å². The highest BCUT2D eigenvalue weighted by molar-refractivity contribution is 6.03. The summed E-state index contributed by atoms with van der Waals surface area (Å²) in [6.07, 6.45) is 12.2. The van der Waals surface area contributed by atoms with Crippen LogP contribution in [0.15, 0.2) is 30.0 Å². The second kappa shape index (κ2) is 9.37. The fourth-order valence-electron chi connectivity index (χ4n) is 6.01. The SMILES string of the molecule is CN1CC(c2ccc(NC(=O)C3=CCC(C#N)O3)c(C3=CCC4(CCCC4)CC3)n2)CN(C)C1=O. The minimum Gasteiger partial charge on any atom is -0.470 e. The molecule has 1 atom stereocenters. The van der Waals surface area contributed by atoms with Gasteiger partial charge in [0, 0.05) is 45.2 Å². The number of hydrogen-bond acceptors (Lipinski definition) is 5. The van der Waals surface area contributed by atoms with Crippen LogP contribution in [-0.4, -0.2) is 60.0 Å². The Balaban J connectivity index is 1.43. The van der Waals surface area contributed by atoms with Gasteiger partial charge in [0.15, 0.2) is 11.9 Å². The molecule has 8 nitrogen and oxygen atoms in total. The molecule has 0 bridgehead atoms.